The highest BCUT2D eigenvalue weighted by atomic mass is 17.3. The zero-order valence-electron chi connectivity index (χ0n) is 20.6. The first-order valence-electron chi connectivity index (χ1n) is 12.1. The summed E-state index contributed by atoms with van der Waals surface area (Å²) in [6.45, 7) is 16.7. The van der Waals surface area contributed by atoms with Crippen LogP contribution in [-0.2, 0) is 19.2 Å². The normalized spacial score (nSPS) is 11.8. The average molecular weight is 431 g/mol. The summed E-state index contributed by atoms with van der Waals surface area (Å²) in [5.41, 5.74) is 0. The maximum Gasteiger partial charge on any atom is 0.550 e. The van der Waals surface area contributed by atoms with E-state index in [-0.39, 0.29) is 35.9 Å². The van der Waals surface area contributed by atoms with Crippen LogP contribution in [0.5, 0.6) is 0 Å². The van der Waals surface area contributed by atoms with Crippen molar-refractivity contribution in [2.45, 2.75) is 119 Å². The zero-order valence-corrected chi connectivity index (χ0v) is 20.6. The SMILES string of the molecule is CCC(CC)C(OC(=O)OOC(=O)OC(C(CC)CC)C(CC)CC)C(CC)CC. The maximum absolute atomic E-state index is 12.2. The largest absolute Gasteiger partial charge is 0.550 e. The molecule has 0 aliphatic carbocycles. The molecule has 0 aromatic heterocycles. The molecule has 0 atom stereocenters. The van der Waals surface area contributed by atoms with Crippen LogP contribution >= 0.6 is 0 Å². The van der Waals surface area contributed by atoms with E-state index < -0.39 is 12.3 Å². The summed E-state index contributed by atoms with van der Waals surface area (Å²) >= 11 is 0. The molecular weight excluding hydrogens is 384 g/mol. The van der Waals surface area contributed by atoms with E-state index >= 15 is 0 Å². The highest BCUT2D eigenvalue weighted by molar-refractivity contribution is 5.63. The molecule has 0 radical (unpaired) electrons. The number of hydrogen-bond donors (Lipinski definition) is 0. The van der Waals surface area contributed by atoms with Crippen LogP contribution in [0, 0.1) is 23.7 Å². The van der Waals surface area contributed by atoms with Crippen LogP contribution in [0.25, 0.3) is 0 Å². The van der Waals surface area contributed by atoms with Gasteiger partial charge in [0.1, 0.15) is 12.2 Å². The summed E-state index contributed by atoms with van der Waals surface area (Å²) in [4.78, 5) is 33.8. The van der Waals surface area contributed by atoms with E-state index in [2.05, 4.69) is 65.2 Å². The van der Waals surface area contributed by atoms with Gasteiger partial charge in [-0.15, -0.1) is 0 Å². The molecule has 0 aliphatic heterocycles. The Bertz CT molecular complexity index is 385. The number of rotatable bonds is 14. The number of carbonyl (C=O) groups is 2. The minimum absolute atomic E-state index is 0.239. The lowest BCUT2D eigenvalue weighted by molar-refractivity contribution is -0.231. The Hall–Kier alpha value is -1.46. The molecule has 0 spiro atoms. The maximum atomic E-state index is 12.2. The number of hydrogen-bond acceptors (Lipinski definition) is 6. The molecule has 6 nitrogen and oxygen atoms in total. The lowest BCUT2D eigenvalue weighted by atomic mass is 9.84. The van der Waals surface area contributed by atoms with E-state index in [1.54, 1.807) is 0 Å². The Morgan fingerprint density at radius 3 is 0.833 bits per heavy atom. The third-order valence-corrected chi connectivity index (χ3v) is 6.70. The summed E-state index contributed by atoms with van der Waals surface area (Å²) < 4.78 is 11.2. The first-order valence-corrected chi connectivity index (χ1v) is 12.1. The van der Waals surface area contributed by atoms with Crippen LogP contribution in [0.2, 0.25) is 0 Å². The van der Waals surface area contributed by atoms with Gasteiger partial charge in [-0.2, -0.15) is 19.4 Å². The number of ether oxygens (including phenoxy) is 2. The van der Waals surface area contributed by atoms with Crippen molar-refractivity contribution in [3.8, 4) is 0 Å². The fourth-order valence-electron chi connectivity index (χ4n) is 4.50. The van der Waals surface area contributed by atoms with Crippen LogP contribution < -0.4 is 0 Å². The highest BCUT2D eigenvalue weighted by Crippen LogP contribution is 2.29. The molecule has 0 heterocycles. The topological polar surface area (TPSA) is 71.1 Å². The average Bonchev–Trinajstić information content (AvgIpc) is 2.75. The van der Waals surface area contributed by atoms with Gasteiger partial charge in [-0.25, -0.2) is 0 Å². The van der Waals surface area contributed by atoms with Crippen LogP contribution in [-0.4, -0.2) is 24.5 Å². The molecule has 0 fully saturated rings. The Kier molecular flexibility index (Phi) is 15.5. The molecule has 0 saturated heterocycles. The Morgan fingerprint density at radius 2 is 0.667 bits per heavy atom. The Morgan fingerprint density at radius 1 is 0.467 bits per heavy atom. The van der Waals surface area contributed by atoms with Gasteiger partial charge >= 0.3 is 12.3 Å². The van der Waals surface area contributed by atoms with Crippen molar-refractivity contribution in [3.05, 3.63) is 0 Å². The van der Waals surface area contributed by atoms with E-state index in [4.69, 9.17) is 9.47 Å². The third-order valence-electron chi connectivity index (χ3n) is 6.70. The number of carbonyl (C=O) groups excluding carboxylic acids is 2. The van der Waals surface area contributed by atoms with Crippen molar-refractivity contribution >= 4 is 12.3 Å². The van der Waals surface area contributed by atoms with E-state index in [0.29, 0.717) is 0 Å². The monoisotopic (exact) mass is 430 g/mol. The van der Waals surface area contributed by atoms with Gasteiger partial charge in [0.2, 0.25) is 0 Å². The summed E-state index contributed by atoms with van der Waals surface area (Å²) in [7, 11) is 0. The second-order valence-corrected chi connectivity index (χ2v) is 8.14. The fourth-order valence-corrected chi connectivity index (χ4v) is 4.50. The molecule has 0 aromatic rings. The summed E-state index contributed by atoms with van der Waals surface area (Å²) in [6, 6.07) is 0. The molecule has 0 saturated carbocycles. The lowest BCUT2D eigenvalue weighted by Crippen LogP contribution is -2.35. The van der Waals surface area contributed by atoms with Gasteiger partial charge < -0.3 is 9.47 Å². The van der Waals surface area contributed by atoms with Crippen molar-refractivity contribution < 1.29 is 28.8 Å². The lowest BCUT2D eigenvalue weighted by Gasteiger charge is -2.31. The summed E-state index contributed by atoms with van der Waals surface area (Å²) in [5.74, 6) is 0.957. The first-order chi connectivity index (χ1) is 14.4. The van der Waals surface area contributed by atoms with Crippen LogP contribution in [0.3, 0.4) is 0 Å². The molecule has 30 heavy (non-hydrogen) atoms. The molecule has 0 bridgehead atoms. The molecule has 0 N–H and O–H groups in total. The minimum Gasteiger partial charge on any atom is -0.428 e. The van der Waals surface area contributed by atoms with E-state index in [9.17, 15) is 9.59 Å². The predicted molar refractivity (Wildman–Crippen MR) is 119 cm³/mol. The van der Waals surface area contributed by atoms with E-state index in [0.717, 1.165) is 51.4 Å². The zero-order chi connectivity index (χ0) is 23.1. The van der Waals surface area contributed by atoms with Gasteiger partial charge in [-0.1, -0.05) is 55.4 Å². The second-order valence-electron chi connectivity index (χ2n) is 8.14. The van der Waals surface area contributed by atoms with Crippen LogP contribution in [0.15, 0.2) is 0 Å². The highest BCUT2D eigenvalue weighted by Gasteiger charge is 2.32. The Labute approximate surface area is 184 Å². The smallest absolute Gasteiger partial charge is 0.428 e. The van der Waals surface area contributed by atoms with Gasteiger partial charge in [-0.3, -0.25) is 0 Å². The van der Waals surface area contributed by atoms with Gasteiger partial charge in [0.05, 0.1) is 0 Å². The molecule has 0 aromatic carbocycles. The van der Waals surface area contributed by atoms with Gasteiger partial charge in [0.15, 0.2) is 0 Å². The standard InChI is InChI=1S/C24H46O6/c1-9-17(10-2)21(18(11-3)12-4)27-23(25)29-30-24(26)28-22(19(13-5)14-6)20(15-7)16-8/h17-22H,9-16H2,1-8H3. The summed E-state index contributed by atoms with van der Waals surface area (Å²) in [5, 5.41) is 0. The molecular formula is C24H46O6. The minimum atomic E-state index is -0.989. The van der Waals surface area contributed by atoms with E-state index in [1.165, 1.54) is 0 Å². The van der Waals surface area contributed by atoms with Crippen molar-refractivity contribution in [1.82, 2.24) is 0 Å². The fraction of sp³-hybridized carbons (Fsp3) is 0.917. The van der Waals surface area contributed by atoms with E-state index in [1.807, 2.05) is 0 Å². The van der Waals surface area contributed by atoms with Crippen LogP contribution in [0.1, 0.15) is 107 Å². The van der Waals surface area contributed by atoms with Crippen LogP contribution in [0.4, 0.5) is 9.59 Å². The quantitative estimate of drug-likeness (QED) is 0.160. The molecule has 0 aliphatic rings. The van der Waals surface area contributed by atoms with Crippen molar-refractivity contribution in [2.75, 3.05) is 0 Å². The van der Waals surface area contributed by atoms with Crippen molar-refractivity contribution in [2.24, 2.45) is 23.7 Å². The molecule has 0 unspecified atom stereocenters. The van der Waals surface area contributed by atoms with Crippen molar-refractivity contribution in [3.63, 3.8) is 0 Å². The second kappa shape index (κ2) is 16.3. The molecule has 178 valence electrons. The predicted octanol–water partition coefficient (Wildman–Crippen LogP) is 7.69. The Balaban J connectivity index is 4.97. The first kappa shape index (κ1) is 28.5. The molecule has 0 rings (SSSR count). The molecule has 0 amide bonds. The van der Waals surface area contributed by atoms with Gasteiger partial charge in [-0.05, 0) is 75.0 Å². The third kappa shape index (κ3) is 9.13. The van der Waals surface area contributed by atoms with Gasteiger partial charge in [0, 0.05) is 0 Å². The summed E-state index contributed by atoms with van der Waals surface area (Å²) in [6.07, 6.45) is 4.73. The molecule has 6 heteroatoms. The van der Waals surface area contributed by atoms with Crippen molar-refractivity contribution in [1.29, 1.82) is 0 Å². The van der Waals surface area contributed by atoms with Gasteiger partial charge in [0.25, 0.3) is 0 Å².